The van der Waals surface area contributed by atoms with Crippen molar-refractivity contribution in [3.8, 4) is 17.2 Å². The van der Waals surface area contributed by atoms with Crippen molar-refractivity contribution in [1.29, 1.82) is 0 Å². The predicted octanol–water partition coefficient (Wildman–Crippen LogP) is 7.88. The molecule has 1 aromatic heterocycles. The van der Waals surface area contributed by atoms with Gasteiger partial charge in [-0.25, -0.2) is 9.79 Å². The zero-order valence-electron chi connectivity index (χ0n) is 27.2. The normalized spacial score (nSPS) is 14.2. The fourth-order valence-corrected chi connectivity index (χ4v) is 7.16. The van der Waals surface area contributed by atoms with Crippen LogP contribution in [0.25, 0.3) is 11.8 Å². The van der Waals surface area contributed by atoms with Crippen molar-refractivity contribution in [3.63, 3.8) is 0 Å². The lowest BCUT2D eigenvalue weighted by atomic mass is 9.93. The highest BCUT2D eigenvalue weighted by molar-refractivity contribution is 7.07. The van der Waals surface area contributed by atoms with E-state index in [1.165, 1.54) is 18.4 Å². The van der Waals surface area contributed by atoms with Crippen LogP contribution < -0.4 is 29.1 Å². The van der Waals surface area contributed by atoms with Crippen LogP contribution >= 0.6 is 46.1 Å². The van der Waals surface area contributed by atoms with Gasteiger partial charge in [-0.1, -0.05) is 94.7 Å². The van der Waals surface area contributed by atoms with Crippen LogP contribution in [0.2, 0.25) is 15.1 Å². The first-order chi connectivity index (χ1) is 24.2. The molecule has 0 bridgehead atoms. The molecular formula is C38H31Cl3N2O6S. The number of nitrogens with zero attached hydrogens (tertiary/aromatic N) is 2. The molecule has 0 aliphatic carbocycles. The Kier molecular flexibility index (Phi) is 11.0. The molecule has 0 amide bonds. The second kappa shape index (κ2) is 15.6. The van der Waals surface area contributed by atoms with Crippen LogP contribution in [-0.2, 0) is 16.1 Å². The highest BCUT2D eigenvalue weighted by atomic mass is 35.5. The molecule has 1 atom stereocenters. The van der Waals surface area contributed by atoms with Gasteiger partial charge in [-0.3, -0.25) is 9.36 Å². The van der Waals surface area contributed by atoms with Crippen molar-refractivity contribution < 1.29 is 23.7 Å². The molecule has 256 valence electrons. The van der Waals surface area contributed by atoms with Gasteiger partial charge < -0.3 is 18.9 Å². The lowest BCUT2D eigenvalue weighted by Crippen LogP contribution is -2.40. The average Bonchev–Trinajstić information content (AvgIpc) is 3.43. The lowest BCUT2D eigenvalue weighted by molar-refractivity contribution is -0.138. The number of halogens is 3. The predicted molar refractivity (Wildman–Crippen MR) is 197 cm³/mol. The topological polar surface area (TPSA) is 88.4 Å². The quantitative estimate of drug-likeness (QED) is 0.128. The van der Waals surface area contributed by atoms with Gasteiger partial charge in [0.25, 0.3) is 5.56 Å². The fraction of sp³-hybridized carbons (Fsp3) is 0.184. The first kappa shape index (κ1) is 35.3. The molecular weight excluding hydrogens is 719 g/mol. The number of rotatable bonds is 11. The Hall–Kier alpha value is -4.54. The van der Waals surface area contributed by atoms with Crippen LogP contribution in [0, 0.1) is 0 Å². The summed E-state index contributed by atoms with van der Waals surface area (Å²) >= 11 is 20.1. The summed E-state index contributed by atoms with van der Waals surface area (Å²) in [6.45, 7) is 4.47. The maximum atomic E-state index is 14.3. The van der Waals surface area contributed by atoms with E-state index >= 15 is 0 Å². The number of methoxy groups -OCH3 is 1. The molecule has 5 aromatic rings. The highest BCUT2D eigenvalue weighted by Crippen LogP contribution is 2.38. The van der Waals surface area contributed by atoms with Crippen LogP contribution in [0.4, 0.5) is 0 Å². The maximum absolute atomic E-state index is 14.3. The smallest absolute Gasteiger partial charge is 0.338 e. The van der Waals surface area contributed by atoms with E-state index in [1.54, 1.807) is 47.9 Å². The van der Waals surface area contributed by atoms with Gasteiger partial charge in [-0.15, -0.1) is 0 Å². The van der Waals surface area contributed by atoms with Gasteiger partial charge in [-0.05, 0) is 73.0 Å². The summed E-state index contributed by atoms with van der Waals surface area (Å²) in [5, 5.41) is 1.14. The van der Waals surface area contributed by atoms with Crippen LogP contribution in [0.15, 0.2) is 100 Å². The first-order valence-electron chi connectivity index (χ1n) is 15.7. The zero-order valence-corrected chi connectivity index (χ0v) is 30.3. The van der Waals surface area contributed by atoms with Gasteiger partial charge >= 0.3 is 5.97 Å². The van der Waals surface area contributed by atoms with Crippen LogP contribution in [0.5, 0.6) is 17.2 Å². The van der Waals surface area contributed by atoms with Crippen LogP contribution in [-0.4, -0.2) is 30.9 Å². The summed E-state index contributed by atoms with van der Waals surface area (Å²) < 4.78 is 24.8. The van der Waals surface area contributed by atoms with E-state index < -0.39 is 12.0 Å². The molecule has 0 N–H and O–H groups in total. The third kappa shape index (κ3) is 7.32. The third-order valence-electron chi connectivity index (χ3n) is 7.80. The Morgan fingerprint density at radius 3 is 2.34 bits per heavy atom. The highest BCUT2D eigenvalue weighted by Gasteiger charge is 2.35. The largest absolute Gasteiger partial charge is 0.494 e. The Balaban J connectivity index is 1.47. The first-order valence-corrected chi connectivity index (χ1v) is 17.6. The van der Waals surface area contributed by atoms with Crippen molar-refractivity contribution in [2.75, 3.05) is 20.3 Å². The number of carbonyl (C=O) groups is 1. The summed E-state index contributed by atoms with van der Waals surface area (Å²) in [4.78, 5) is 33.4. The van der Waals surface area contributed by atoms with Crippen molar-refractivity contribution in [1.82, 2.24) is 4.57 Å². The molecule has 0 radical (unpaired) electrons. The van der Waals surface area contributed by atoms with Crippen molar-refractivity contribution in [2.45, 2.75) is 26.5 Å². The van der Waals surface area contributed by atoms with Gasteiger partial charge in [0.05, 0.1) is 57.2 Å². The van der Waals surface area contributed by atoms with E-state index in [4.69, 9.17) is 58.7 Å². The van der Waals surface area contributed by atoms with Crippen LogP contribution in [0.3, 0.4) is 0 Å². The molecule has 2 heterocycles. The summed E-state index contributed by atoms with van der Waals surface area (Å²) in [6.07, 6.45) is 1.71. The third-order valence-corrected chi connectivity index (χ3v) is 9.80. The Morgan fingerprint density at radius 1 is 0.900 bits per heavy atom. The molecule has 50 heavy (non-hydrogen) atoms. The molecule has 1 aliphatic heterocycles. The number of hydrogen-bond donors (Lipinski definition) is 0. The number of esters is 1. The van der Waals surface area contributed by atoms with E-state index in [9.17, 15) is 9.59 Å². The molecule has 4 aromatic carbocycles. The number of thiazole rings is 1. The summed E-state index contributed by atoms with van der Waals surface area (Å²) in [6, 6.07) is 24.5. The lowest BCUT2D eigenvalue weighted by Gasteiger charge is -2.26. The molecule has 6 rings (SSSR count). The Morgan fingerprint density at radius 2 is 1.66 bits per heavy atom. The van der Waals surface area contributed by atoms with Crippen molar-refractivity contribution in [2.24, 2.45) is 4.99 Å². The molecule has 12 heteroatoms. The maximum Gasteiger partial charge on any atom is 0.338 e. The number of hydrogen-bond acceptors (Lipinski definition) is 8. The Bertz CT molecular complexity index is 2270. The number of benzene rings is 4. The van der Waals surface area contributed by atoms with Crippen molar-refractivity contribution >= 4 is 63.9 Å². The van der Waals surface area contributed by atoms with Gasteiger partial charge in [0.1, 0.15) is 12.4 Å². The van der Waals surface area contributed by atoms with E-state index in [2.05, 4.69) is 0 Å². The van der Waals surface area contributed by atoms with E-state index in [1.807, 2.05) is 61.5 Å². The zero-order chi connectivity index (χ0) is 35.4. The second-order valence-electron chi connectivity index (χ2n) is 11.0. The van der Waals surface area contributed by atoms with Gasteiger partial charge in [-0.2, -0.15) is 0 Å². The summed E-state index contributed by atoms with van der Waals surface area (Å²) in [7, 11) is 1.51. The molecule has 0 fully saturated rings. The fourth-order valence-electron chi connectivity index (χ4n) is 5.57. The van der Waals surface area contributed by atoms with E-state index in [-0.39, 0.29) is 29.4 Å². The molecule has 1 aliphatic rings. The van der Waals surface area contributed by atoms with Crippen LogP contribution in [0.1, 0.15) is 42.1 Å². The van der Waals surface area contributed by atoms with E-state index in [0.717, 1.165) is 11.1 Å². The molecule has 0 saturated heterocycles. The second-order valence-corrected chi connectivity index (χ2v) is 13.2. The van der Waals surface area contributed by atoms with Gasteiger partial charge in [0.15, 0.2) is 16.3 Å². The number of carbonyl (C=O) groups excluding carboxylic acids is 1. The summed E-state index contributed by atoms with van der Waals surface area (Å²) in [5.41, 5.74) is 3.17. The Labute approximate surface area is 307 Å². The molecule has 0 saturated carbocycles. The van der Waals surface area contributed by atoms with Gasteiger partial charge in [0.2, 0.25) is 0 Å². The monoisotopic (exact) mass is 748 g/mol. The minimum absolute atomic E-state index is 0.153. The summed E-state index contributed by atoms with van der Waals surface area (Å²) in [5.74, 6) is 0.820. The minimum atomic E-state index is -0.825. The SMILES string of the molecule is CCOC(=O)C1=C(c2ccccc2)N=c2s/c(=C\c3cc(Cl)c(OCc4ccc(Cl)c(Cl)c4)c(OC)c3)c(=O)n2[C@H]1c1ccc(OCC)cc1. The molecule has 0 unspecified atom stereocenters. The average molecular weight is 750 g/mol. The number of ether oxygens (including phenoxy) is 4. The molecule has 0 spiro atoms. The number of aromatic nitrogens is 1. The van der Waals surface area contributed by atoms with E-state index in [0.29, 0.717) is 60.1 Å². The molecule has 8 nitrogen and oxygen atoms in total. The standard InChI is InChI=1S/C38H31Cl3N2O6S/c1-4-47-26-14-12-25(13-15-26)34-32(37(45)48-5-2)33(24-9-7-6-8-10-24)42-38-43(34)36(44)31(50-38)20-23-18-29(41)35(30(19-23)46-3)49-21-22-11-16-27(39)28(40)17-22/h6-20,34H,4-5,21H2,1-3H3/b31-20-/t34-/m0/s1. The van der Waals surface area contributed by atoms with Gasteiger partial charge in [0, 0.05) is 5.56 Å². The van der Waals surface area contributed by atoms with Crippen molar-refractivity contribution in [3.05, 3.63) is 148 Å². The number of fused-ring (bicyclic) bond motifs is 1. The minimum Gasteiger partial charge on any atom is -0.494 e.